The molecule has 102 valence electrons. The van der Waals surface area contributed by atoms with Gasteiger partial charge in [-0.2, -0.15) is 4.98 Å². The summed E-state index contributed by atoms with van der Waals surface area (Å²) in [6, 6.07) is 4.38. The van der Waals surface area contributed by atoms with Crippen LogP contribution in [0.4, 0.5) is 0 Å². The van der Waals surface area contributed by atoms with Crippen LogP contribution in [0.1, 0.15) is 25.2 Å². The van der Waals surface area contributed by atoms with Crippen LogP contribution >= 0.6 is 12.4 Å². The van der Waals surface area contributed by atoms with E-state index in [4.69, 9.17) is 4.52 Å². The van der Waals surface area contributed by atoms with Crippen molar-refractivity contribution in [3.05, 3.63) is 30.4 Å². The molecule has 0 aliphatic carbocycles. The van der Waals surface area contributed by atoms with Crippen molar-refractivity contribution in [1.82, 2.24) is 20.4 Å². The Morgan fingerprint density at radius 3 is 2.89 bits per heavy atom. The van der Waals surface area contributed by atoms with Gasteiger partial charge in [0.1, 0.15) is 0 Å². The van der Waals surface area contributed by atoms with Crippen LogP contribution in [0.3, 0.4) is 0 Å². The summed E-state index contributed by atoms with van der Waals surface area (Å²) < 4.78 is 5.27. The van der Waals surface area contributed by atoms with E-state index in [1.807, 2.05) is 12.1 Å². The third kappa shape index (κ3) is 3.52. The maximum Gasteiger partial charge on any atom is 0.227 e. The summed E-state index contributed by atoms with van der Waals surface area (Å²) >= 11 is 0. The Kier molecular flexibility index (Phi) is 4.87. The van der Waals surface area contributed by atoms with E-state index in [0.717, 1.165) is 30.8 Å². The highest BCUT2D eigenvalue weighted by Gasteiger charge is 2.15. The van der Waals surface area contributed by atoms with Crippen molar-refractivity contribution in [2.24, 2.45) is 0 Å². The largest absolute Gasteiger partial charge is 0.339 e. The topological polar surface area (TPSA) is 63.8 Å². The molecular formula is C13H17ClN4O. The minimum atomic E-state index is 0. The maximum atomic E-state index is 5.27. The molecular weight excluding hydrogens is 264 g/mol. The number of pyridine rings is 1. The molecule has 1 unspecified atom stereocenters. The Morgan fingerprint density at radius 2 is 2.16 bits per heavy atom. The summed E-state index contributed by atoms with van der Waals surface area (Å²) in [4.78, 5) is 8.38. The van der Waals surface area contributed by atoms with E-state index in [2.05, 4.69) is 20.4 Å². The molecule has 19 heavy (non-hydrogen) atoms. The average molecular weight is 281 g/mol. The molecule has 1 N–H and O–H groups in total. The van der Waals surface area contributed by atoms with Crippen LogP contribution < -0.4 is 5.32 Å². The number of hydrogen-bond donors (Lipinski definition) is 1. The predicted molar refractivity (Wildman–Crippen MR) is 74.1 cm³/mol. The summed E-state index contributed by atoms with van der Waals surface area (Å²) in [5.74, 6) is 1.36. The summed E-state index contributed by atoms with van der Waals surface area (Å²) in [5.41, 5.74) is 0.944. The Balaban J connectivity index is 0.00000133. The van der Waals surface area contributed by atoms with Crippen molar-refractivity contribution < 1.29 is 4.52 Å². The van der Waals surface area contributed by atoms with Crippen molar-refractivity contribution >= 4 is 12.4 Å². The van der Waals surface area contributed by atoms with Crippen LogP contribution in [0.2, 0.25) is 0 Å². The standard InChI is InChI=1S/C13H16N4O.ClH/c1-2-11(15-7-1)3-4-12-16-13(17-18-12)10-5-8-14-9-6-10;/h5-6,8-9,11,15H,1-4,7H2;1H. The van der Waals surface area contributed by atoms with E-state index in [1.54, 1.807) is 12.4 Å². The fraction of sp³-hybridized carbons (Fsp3) is 0.462. The number of rotatable bonds is 4. The average Bonchev–Trinajstić information content (AvgIpc) is 3.09. The highest BCUT2D eigenvalue weighted by molar-refractivity contribution is 5.85. The third-order valence-electron chi connectivity index (χ3n) is 3.28. The molecule has 1 saturated heterocycles. The summed E-state index contributed by atoms with van der Waals surface area (Å²) in [6.07, 6.45) is 7.90. The van der Waals surface area contributed by atoms with Gasteiger partial charge < -0.3 is 9.84 Å². The van der Waals surface area contributed by atoms with Gasteiger partial charge in [-0.05, 0) is 37.9 Å². The molecule has 1 fully saturated rings. The van der Waals surface area contributed by atoms with E-state index >= 15 is 0 Å². The Morgan fingerprint density at radius 1 is 1.32 bits per heavy atom. The first-order chi connectivity index (χ1) is 8.92. The lowest BCUT2D eigenvalue weighted by Crippen LogP contribution is -2.21. The highest BCUT2D eigenvalue weighted by Crippen LogP contribution is 2.16. The van der Waals surface area contributed by atoms with Gasteiger partial charge in [-0.3, -0.25) is 4.98 Å². The lowest BCUT2D eigenvalue weighted by atomic mass is 10.1. The fourth-order valence-electron chi connectivity index (χ4n) is 2.28. The van der Waals surface area contributed by atoms with Gasteiger partial charge in [-0.25, -0.2) is 0 Å². The zero-order chi connectivity index (χ0) is 12.2. The van der Waals surface area contributed by atoms with Crippen molar-refractivity contribution in [2.45, 2.75) is 31.7 Å². The number of nitrogens with one attached hydrogen (secondary N) is 1. The normalized spacial score (nSPS) is 18.2. The minimum Gasteiger partial charge on any atom is -0.339 e. The quantitative estimate of drug-likeness (QED) is 0.930. The van der Waals surface area contributed by atoms with E-state index in [1.165, 1.54) is 12.8 Å². The summed E-state index contributed by atoms with van der Waals surface area (Å²) in [5, 5.41) is 7.46. The molecule has 0 spiro atoms. The summed E-state index contributed by atoms with van der Waals surface area (Å²) in [6.45, 7) is 1.14. The van der Waals surface area contributed by atoms with Crippen molar-refractivity contribution in [3.8, 4) is 11.4 Å². The van der Waals surface area contributed by atoms with Crippen LogP contribution in [-0.4, -0.2) is 27.7 Å². The van der Waals surface area contributed by atoms with Crippen LogP contribution in [0.15, 0.2) is 29.0 Å². The van der Waals surface area contributed by atoms with Gasteiger partial charge in [0.25, 0.3) is 0 Å². The molecule has 0 amide bonds. The second kappa shape index (κ2) is 6.63. The van der Waals surface area contributed by atoms with Crippen LogP contribution in [0.25, 0.3) is 11.4 Å². The molecule has 3 heterocycles. The first-order valence-electron chi connectivity index (χ1n) is 6.38. The van der Waals surface area contributed by atoms with Crippen molar-refractivity contribution in [2.75, 3.05) is 6.54 Å². The van der Waals surface area contributed by atoms with Crippen molar-refractivity contribution in [3.63, 3.8) is 0 Å². The van der Waals surface area contributed by atoms with E-state index in [-0.39, 0.29) is 12.4 Å². The van der Waals surface area contributed by atoms with Gasteiger partial charge in [0.05, 0.1) is 0 Å². The first kappa shape index (κ1) is 14.0. The minimum absolute atomic E-state index is 0. The smallest absolute Gasteiger partial charge is 0.227 e. The predicted octanol–water partition coefficient (Wildman–Crippen LogP) is 2.24. The zero-order valence-corrected chi connectivity index (χ0v) is 11.4. The van der Waals surface area contributed by atoms with Gasteiger partial charge in [0.2, 0.25) is 11.7 Å². The Bertz CT molecular complexity index is 496. The molecule has 1 atom stereocenters. The van der Waals surface area contributed by atoms with Gasteiger partial charge >= 0.3 is 0 Å². The second-order valence-electron chi connectivity index (χ2n) is 4.58. The second-order valence-corrected chi connectivity index (χ2v) is 4.58. The van der Waals surface area contributed by atoms with Crippen molar-refractivity contribution in [1.29, 1.82) is 0 Å². The number of hydrogen-bond acceptors (Lipinski definition) is 5. The SMILES string of the molecule is Cl.c1cc(-c2noc(CCC3CCCN3)n2)ccn1. The molecule has 1 aliphatic heterocycles. The van der Waals surface area contributed by atoms with E-state index < -0.39 is 0 Å². The van der Waals surface area contributed by atoms with E-state index in [0.29, 0.717) is 11.9 Å². The molecule has 0 bridgehead atoms. The molecule has 3 rings (SSSR count). The zero-order valence-electron chi connectivity index (χ0n) is 10.6. The molecule has 1 aliphatic rings. The number of nitrogens with zero attached hydrogens (tertiary/aromatic N) is 3. The first-order valence-corrected chi connectivity index (χ1v) is 6.38. The molecule has 5 nitrogen and oxygen atoms in total. The van der Waals surface area contributed by atoms with E-state index in [9.17, 15) is 0 Å². The molecule has 6 heteroatoms. The fourth-order valence-corrected chi connectivity index (χ4v) is 2.28. The highest BCUT2D eigenvalue weighted by atomic mass is 35.5. The summed E-state index contributed by atoms with van der Waals surface area (Å²) in [7, 11) is 0. The van der Waals surface area contributed by atoms with Crippen LogP contribution in [0.5, 0.6) is 0 Å². The van der Waals surface area contributed by atoms with Gasteiger partial charge in [0, 0.05) is 30.4 Å². The van der Waals surface area contributed by atoms with Gasteiger partial charge in [-0.1, -0.05) is 5.16 Å². The van der Waals surface area contributed by atoms with Gasteiger partial charge in [0.15, 0.2) is 0 Å². The molecule has 0 saturated carbocycles. The molecule has 0 radical (unpaired) electrons. The number of aryl methyl sites for hydroxylation is 1. The molecule has 2 aromatic heterocycles. The van der Waals surface area contributed by atoms with Crippen LogP contribution in [0, 0.1) is 0 Å². The molecule has 0 aromatic carbocycles. The molecule has 2 aromatic rings. The van der Waals surface area contributed by atoms with Gasteiger partial charge in [-0.15, -0.1) is 12.4 Å². The lowest BCUT2D eigenvalue weighted by Gasteiger charge is -2.06. The Labute approximate surface area is 118 Å². The lowest BCUT2D eigenvalue weighted by molar-refractivity contribution is 0.369. The monoisotopic (exact) mass is 280 g/mol. The third-order valence-corrected chi connectivity index (χ3v) is 3.28. The number of aromatic nitrogens is 3. The Hall–Kier alpha value is -1.46. The van der Waals surface area contributed by atoms with Crippen LogP contribution in [-0.2, 0) is 6.42 Å². The maximum absolute atomic E-state index is 5.27. The number of halogens is 1.